The maximum atomic E-state index is 13.4. The minimum absolute atomic E-state index is 0.314. The fraction of sp³-hybridized carbons (Fsp3) is 0.250. The van der Waals surface area contributed by atoms with Crippen LogP contribution in [-0.2, 0) is 6.54 Å². The molecule has 0 atom stereocenters. The SMILES string of the molecule is Cc1ccc(-c2cc(C(=O)Nc3ccc4oc(=O)n(CCN(C)C)c4c3)c3c(C)noc3n2)s1. The molecule has 0 aliphatic heterocycles. The first-order valence-electron chi connectivity index (χ1n) is 10.7. The van der Waals surface area contributed by atoms with Gasteiger partial charge in [-0.15, -0.1) is 11.3 Å². The number of nitrogens with one attached hydrogen (secondary N) is 1. The van der Waals surface area contributed by atoms with Crippen molar-refractivity contribution in [2.75, 3.05) is 26.0 Å². The van der Waals surface area contributed by atoms with Gasteiger partial charge < -0.3 is 19.2 Å². The van der Waals surface area contributed by atoms with Gasteiger partial charge in [0, 0.05) is 23.7 Å². The Kier molecular flexibility index (Phi) is 5.54. The number of aryl methyl sites for hydroxylation is 2. The summed E-state index contributed by atoms with van der Waals surface area (Å²) in [4.78, 5) is 34.3. The van der Waals surface area contributed by atoms with E-state index >= 15 is 0 Å². The number of carbonyl (C=O) groups is 1. The highest BCUT2D eigenvalue weighted by molar-refractivity contribution is 7.15. The molecule has 0 unspecified atom stereocenters. The number of hydrogen-bond acceptors (Lipinski definition) is 8. The van der Waals surface area contributed by atoms with Crippen LogP contribution < -0.4 is 11.1 Å². The zero-order chi connectivity index (χ0) is 24.0. The zero-order valence-corrected chi connectivity index (χ0v) is 20.0. The maximum Gasteiger partial charge on any atom is 0.419 e. The number of likely N-dealkylation sites (N-methyl/N-ethyl adjacent to an activating group) is 1. The first kappa shape index (κ1) is 22.1. The second-order valence-electron chi connectivity index (χ2n) is 8.37. The molecular formula is C24H23N5O4S. The number of anilines is 1. The molecule has 0 saturated heterocycles. The molecule has 10 heteroatoms. The fourth-order valence-corrected chi connectivity index (χ4v) is 4.65. The van der Waals surface area contributed by atoms with E-state index in [2.05, 4.69) is 15.5 Å². The smallest absolute Gasteiger partial charge is 0.408 e. The van der Waals surface area contributed by atoms with Gasteiger partial charge in [-0.25, -0.2) is 9.78 Å². The normalized spacial score (nSPS) is 11.7. The molecule has 1 aromatic carbocycles. The van der Waals surface area contributed by atoms with Crippen molar-refractivity contribution in [1.82, 2.24) is 19.6 Å². The van der Waals surface area contributed by atoms with Gasteiger partial charge in [-0.3, -0.25) is 9.36 Å². The predicted molar refractivity (Wildman–Crippen MR) is 132 cm³/mol. The van der Waals surface area contributed by atoms with Gasteiger partial charge in [0.2, 0.25) is 0 Å². The van der Waals surface area contributed by atoms with Crippen LogP contribution in [-0.4, -0.2) is 46.2 Å². The van der Waals surface area contributed by atoms with E-state index < -0.39 is 5.76 Å². The molecule has 9 nitrogen and oxygen atoms in total. The van der Waals surface area contributed by atoms with Gasteiger partial charge >= 0.3 is 5.76 Å². The van der Waals surface area contributed by atoms with Crippen molar-refractivity contribution >= 4 is 45.1 Å². The Morgan fingerprint density at radius 1 is 1.18 bits per heavy atom. The lowest BCUT2D eigenvalue weighted by molar-refractivity contribution is 0.102. The van der Waals surface area contributed by atoms with E-state index in [1.54, 1.807) is 47.1 Å². The number of carbonyl (C=O) groups excluding carboxylic acids is 1. The van der Waals surface area contributed by atoms with Gasteiger partial charge in [0.1, 0.15) is 0 Å². The summed E-state index contributed by atoms with van der Waals surface area (Å²) in [5.74, 6) is -0.745. The van der Waals surface area contributed by atoms with Gasteiger partial charge in [-0.1, -0.05) is 5.16 Å². The first-order chi connectivity index (χ1) is 16.3. The number of hydrogen-bond donors (Lipinski definition) is 1. The summed E-state index contributed by atoms with van der Waals surface area (Å²) in [5.41, 5.74) is 3.61. The van der Waals surface area contributed by atoms with Crippen molar-refractivity contribution in [2.24, 2.45) is 0 Å². The summed E-state index contributed by atoms with van der Waals surface area (Å²) in [7, 11) is 3.87. The van der Waals surface area contributed by atoms with Crippen molar-refractivity contribution in [3.63, 3.8) is 0 Å². The largest absolute Gasteiger partial charge is 0.419 e. The molecule has 0 spiro atoms. The fourth-order valence-electron chi connectivity index (χ4n) is 3.82. The molecule has 34 heavy (non-hydrogen) atoms. The van der Waals surface area contributed by atoms with Crippen molar-refractivity contribution in [3.8, 4) is 10.6 Å². The summed E-state index contributed by atoms with van der Waals surface area (Å²) in [6.45, 7) is 4.95. The molecule has 174 valence electrons. The van der Waals surface area contributed by atoms with Crippen LogP contribution in [0.4, 0.5) is 5.69 Å². The van der Waals surface area contributed by atoms with Crippen molar-refractivity contribution in [1.29, 1.82) is 0 Å². The van der Waals surface area contributed by atoms with E-state index in [-0.39, 0.29) is 5.91 Å². The Morgan fingerprint density at radius 2 is 2.00 bits per heavy atom. The molecule has 1 amide bonds. The molecule has 0 bridgehead atoms. The lowest BCUT2D eigenvalue weighted by Gasteiger charge is -2.10. The molecular weight excluding hydrogens is 454 g/mol. The number of pyridine rings is 1. The van der Waals surface area contributed by atoms with E-state index in [1.165, 1.54) is 0 Å². The van der Waals surface area contributed by atoms with E-state index in [0.717, 1.165) is 9.75 Å². The molecule has 0 aliphatic carbocycles. The highest BCUT2D eigenvalue weighted by atomic mass is 32.1. The minimum atomic E-state index is -0.424. The number of nitrogens with zero attached hydrogens (tertiary/aromatic N) is 4. The van der Waals surface area contributed by atoms with Crippen LogP contribution in [0.3, 0.4) is 0 Å². The Balaban J connectivity index is 1.53. The average Bonchev–Trinajstić information content (AvgIpc) is 3.48. The lowest BCUT2D eigenvalue weighted by Crippen LogP contribution is -2.23. The molecule has 0 fully saturated rings. The van der Waals surface area contributed by atoms with Gasteiger partial charge in [0.05, 0.1) is 32.7 Å². The molecule has 5 aromatic rings. The number of amides is 1. The van der Waals surface area contributed by atoms with Crippen LogP contribution in [0.25, 0.3) is 32.8 Å². The number of oxazole rings is 1. The monoisotopic (exact) mass is 477 g/mol. The van der Waals surface area contributed by atoms with Crippen LogP contribution in [0.15, 0.2) is 50.1 Å². The minimum Gasteiger partial charge on any atom is -0.408 e. The second kappa shape index (κ2) is 8.54. The standard InChI is InChI=1S/C24H23N5O4S/c1-13-5-8-20(34-13)17-12-16(21-14(2)27-33-23(21)26-17)22(30)25-15-6-7-19-18(11-15)29(24(31)32-19)10-9-28(3)4/h5-8,11-12H,9-10H2,1-4H3,(H,25,30). The summed E-state index contributed by atoms with van der Waals surface area (Å²) in [5, 5.41) is 7.52. The summed E-state index contributed by atoms with van der Waals surface area (Å²) in [6, 6.07) is 10.9. The van der Waals surface area contributed by atoms with Crippen molar-refractivity contribution in [3.05, 3.63) is 63.1 Å². The van der Waals surface area contributed by atoms with Crippen LogP contribution in [0.5, 0.6) is 0 Å². The van der Waals surface area contributed by atoms with Crippen molar-refractivity contribution in [2.45, 2.75) is 20.4 Å². The molecule has 4 aromatic heterocycles. The number of thiophene rings is 1. The lowest BCUT2D eigenvalue weighted by atomic mass is 10.1. The van der Waals surface area contributed by atoms with Gasteiger partial charge in [0.15, 0.2) is 5.58 Å². The van der Waals surface area contributed by atoms with E-state index in [1.807, 2.05) is 38.1 Å². The van der Waals surface area contributed by atoms with Crippen LogP contribution in [0.1, 0.15) is 20.9 Å². The van der Waals surface area contributed by atoms with Gasteiger partial charge in [-0.05, 0) is 64.3 Å². The summed E-state index contributed by atoms with van der Waals surface area (Å²) >= 11 is 1.59. The van der Waals surface area contributed by atoms with Crippen molar-refractivity contribution < 1.29 is 13.7 Å². The Labute approximate surface area is 198 Å². The molecule has 0 radical (unpaired) electrons. The predicted octanol–water partition coefficient (Wildman–Crippen LogP) is 4.29. The van der Waals surface area contributed by atoms with E-state index in [0.29, 0.717) is 57.9 Å². The average molecular weight is 478 g/mol. The summed E-state index contributed by atoms with van der Waals surface area (Å²) in [6.07, 6.45) is 0. The number of fused-ring (bicyclic) bond motifs is 2. The number of benzene rings is 1. The second-order valence-corrected chi connectivity index (χ2v) is 9.66. The molecule has 5 rings (SSSR count). The highest BCUT2D eigenvalue weighted by Crippen LogP contribution is 2.31. The Bertz CT molecular complexity index is 1590. The zero-order valence-electron chi connectivity index (χ0n) is 19.2. The van der Waals surface area contributed by atoms with Gasteiger partial charge in [0.25, 0.3) is 11.6 Å². The third-order valence-electron chi connectivity index (χ3n) is 5.55. The number of aromatic nitrogens is 3. The van der Waals surface area contributed by atoms with Crippen LogP contribution >= 0.6 is 11.3 Å². The molecule has 0 saturated carbocycles. The Hall–Kier alpha value is -3.76. The van der Waals surface area contributed by atoms with E-state index in [9.17, 15) is 9.59 Å². The summed E-state index contributed by atoms with van der Waals surface area (Å²) < 4.78 is 12.3. The first-order valence-corrected chi connectivity index (χ1v) is 11.5. The quantitative estimate of drug-likeness (QED) is 0.389. The number of rotatable bonds is 6. The topological polar surface area (TPSA) is 106 Å². The van der Waals surface area contributed by atoms with Crippen LogP contribution in [0, 0.1) is 13.8 Å². The van der Waals surface area contributed by atoms with E-state index in [4.69, 9.17) is 8.94 Å². The maximum absolute atomic E-state index is 13.4. The van der Waals surface area contributed by atoms with Crippen LogP contribution in [0.2, 0.25) is 0 Å². The molecule has 1 N–H and O–H groups in total. The highest BCUT2D eigenvalue weighted by Gasteiger charge is 2.20. The third-order valence-corrected chi connectivity index (χ3v) is 6.57. The molecule has 0 aliphatic rings. The molecule has 4 heterocycles. The Morgan fingerprint density at radius 3 is 2.74 bits per heavy atom. The third kappa shape index (κ3) is 4.02. The van der Waals surface area contributed by atoms with Gasteiger partial charge in [-0.2, -0.15) is 0 Å².